The van der Waals surface area contributed by atoms with Gasteiger partial charge in [0.1, 0.15) is 0 Å². The van der Waals surface area contributed by atoms with E-state index in [1.54, 1.807) is 0 Å². The highest BCUT2D eigenvalue weighted by Crippen LogP contribution is 2.36. The Labute approximate surface area is 114 Å². The van der Waals surface area contributed by atoms with Crippen LogP contribution in [0.3, 0.4) is 0 Å². The van der Waals surface area contributed by atoms with Gasteiger partial charge in [0.05, 0.1) is 0 Å². The van der Waals surface area contributed by atoms with Gasteiger partial charge in [-0.3, -0.25) is 4.68 Å². The predicted octanol–water partition coefficient (Wildman–Crippen LogP) is 2.54. The summed E-state index contributed by atoms with van der Waals surface area (Å²) in [7, 11) is 1.99. The van der Waals surface area contributed by atoms with E-state index in [1.807, 2.05) is 17.9 Å². The van der Waals surface area contributed by atoms with E-state index in [0.717, 1.165) is 19.3 Å². The molecule has 100 valence electrons. The van der Waals surface area contributed by atoms with E-state index >= 15 is 0 Å². The van der Waals surface area contributed by atoms with E-state index in [-0.39, 0.29) is 5.54 Å². The van der Waals surface area contributed by atoms with Gasteiger partial charge in [-0.25, -0.2) is 0 Å². The van der Waals surface area contributed by atoms with E-state index in [9.17, 15) is 0 Å². The first-order valence-corrected chi connectivity index (χ1v) is 7.03. The number of hydrogen-bond acceptors (Lipinski definition) is 2. The molecule has 0 spiro atoms. The van der Waals surface area contributed by atoms with E-state index in [4.69, 9.17) is 5.73 Å². The van der Waals surface area contributed by atoms with Crippen molar-refractivity contribution in [3.8, 4) is 0 Å². The summed E-state index contributed by atoms with van der Waals surface area (Å²) < 4.78 is 1.94. The van der Waals surface area contributed by atoms with Gasteiger partial charge in [0.2, 0.25) is 0 Å². The van der Waals surface area contributed by atoms with Crippen LogP contribution in [0.5, 0.6) is 0 Å². The molecule has 0 fully saturated rings. The first-order chi connectivity index (χ1) is 9.19. The maximum absolute atomic E-state index is 6.71. The molecule has 2 N–H and O–H groups in total. The number of nitrogens with zero attached hydrogens (tertiary/aromatic N) is 2. The van der Waals surface area contributed by atoms with Crippen LogP contribution in [-0.2, 0) is 25.4 Å². The monoisotopic (exact) mass is 255 g/mol. The van der Waals surface area contributed by atoms with Crippen molar-refractivity contribution >= 4 is 0 Å². The summed E-state index contributed by atoms with van der Waals surface area (Å²) in [6.07, 6.45) is 7.28. The fraction of sp³-hybridized carbons (Fsp3) is 0.438. The fourth-order valence-corrected chi connectivity index (χ4v) is 3.21. The van der Waals surface area contributed by atoms with Gasteiger partial charge in [-0.05, 0) is 49.3 Å². The largest absolute Gasteiger partial charge is 0.321 e. The Morgan fingerprint density at radius 3 is 2.95 bits per heavy atom. The minimum atomic E-state index is -0.168. The van der Waals surface area contributed by atoms with Crippen molar-refractivity contribution in [3.05, 3.63) is 53.3 Å². The van der Waals surface area contributed by atoms with Crippen molar-refractivity contribution in [3.63, 3.8) is 0 Å². The summed E-state index contributed by atoms with van der Waals surface area (Å²) in [6.45, 7) is 0. The van der Waals surface area contributed by atoms with Crippen molar-refractivity contribution in [2.75, 3.05) is 0 Å². The number of nitrogens with two attached hydrogens (primary N) is 1. The Morgan fingerprint density at radius 2 is 2.16 bits per heavy atom. The Hall–Kier alpha value is -1.61. The predicted molar refractivity (Wildman–Crippen MR) is 76.8 cm³/mol. The lowest BCUT2D eigenvalue weighted by Crippen LogP contribution is -2.40. The number of aryl methyl sites for hydroxylation is 3. The normalized spacial score (nSPS) is 22.2. The molecule has 1 aliphatic rings. The average molecular weight is 255 g/mol. The summed E-state index contributed by atoms with van der Waals surface area (Å²) in [5.41, 5.74) is 10.6. The molecule has 1 aromatic heterocycles. The summed E-state index contributed by atoms with van der Waals surface area (Å²) in [6, 6.07) is 10.7. The minimum absolute atomic E-state index is 0.168. The van der Waals surface area contributed by atoms with Crippen molar-refractivity contribution in [2.45, 2.75) is 37.6 Å². The van der Waals surface area contributed by atoms with Gasteiger partial charge in [0.25, 0.3) is 0 Å². The second-order valence-corrected chi connectivity index (χ2v) is 5.61. The zero-order valence-corrected chi connectivity index (χ0v) is 11.5. The topological polar surface area (TPSA) is 43.8 Å². The molecule has 0 bridgehead atoms. The highest BCUT2D eigenvalue weighted by molar-refractivity contribution is 5.36. The van der Waals surface area contributed by atoms with Gasteiger partial charge in [-0.15, -0.1) is 0 Å². The molecule has 0 saturated carbocycles. The molecule has 1 aromatic carbocycles. The van der Waals surface area contributed by atoms with E-state index in [0.29, 0.717) is 0 Å². The molecular formula is C16H21N3. The number of fused-ring (bicyclic) bond motifs is 1. The van der Waals surface area contributed by atoms with Gasteiger partial charge in [-0.1, -0.05) is 24.3 Å². The molecule has 1 aliphatic carbocycles. The molecule has 19 heavy (non-hydrogen) atoms. The highest BCUT2D eigenvalue weighted by atomic mass is 15.2. The fourth-order valence-electron chi connectivity index (χ4n) is 3.21. The third-order valence-corrected chi connectivity index (χ3v) is 4.37. The maximum atomic E-state index is 6.71. The lowest BCUT2D eigenvalue weighted by atomic mass is 9.74. The zero-order valence-electron chi connectivity index (χ0n) is 11.5. The Bertz CT molecular complexity index is 573. The second-order valence-electron chi connectivity index (χ2n) is 5.61. The smallest absolute Gasteiger partial charge is 0.0492 e. The molecule has 0 saturated heterocycles. The van der Waals surface area contributed by atoms with E-state index < -0.39 is 0 Å². The third-order valence-electron chi connectivity index (χ3n) is 4.37. The van der Waals surface area contributed by atoms with E-state index in [1.165, 1.54) is 29.7 Å². The number of hydrogen-bond donors (Lipinski definition) is 1. The van der Waals surface area contributed by atoms with E-state index in [2.05, 4.69) is 35.4 Å². The van der Waals surface area contributed by atoms with Crippen molar-refractivity contribution in [1.29, 1.82) is 0 Å². The summed E-state index contributed by atoms with van der Waals surface area (Å²) >= 11 is 0. The first kappa shape index (κ1) is 12.4. The number of rotatable bonds is 3. The zero-order chi connectivity index (χ0) is 13.3. The van der Waals surface area contributed by atoms with Crippen LogP contribution in [0.25, 0.3) is 0 Å². The first-order valence-electron chi connectivity index (χ1n) is 7.03. The molecule has 3 heteroatoms. The Balaban J connectivity index is 1.82. The second kappa shape index (κ2) is 4.82. The molecule has 1 heterocycles. The quantitative estimate of drug-likeness (QED) is 0.916. The standard InChI is InChI=1S/C16H21N3/c1-19-14(9-12-18-19)8-11-16(17)10-4-6-13-5-2-3-7-15(13)16/h2-3,5,7,9,12H,4,6,8,10-11,17H2,1H3. The average Bonchev–Trinajstić information content (AvgIpc) is 2.83. The van der Waals surface area contributed by atoms with Crippen LogP contribution >= 0.6 is 0 Å². The lowest BCUT2D eigenvalue weighted by Gasteiger charge is -2.36. The molecule has 0 radical (unpaired) electrons. The number of aromatic nitrogens is 2. The molecule has 2 aromatic rings. The molecule has 3 rings (SSSR count). The Kier molecular flexibility index (Phi) is 3.15. The van der Waals surface area contributed by atoms with Gasteiger partial charge in [-0.2, -0.15) is 5.10 Å². The van der Waals surface area contributed by atoms with Crippen LogP contribution < -0.4 is 5.73 Å². The maximum Gasteiger partial charge on any atom is 0.0492 e. The van der Waals surface area contributed by atoms with Gasteiger partial charge in [0, 0.05) is 24.5 Å². The minimum Gasteiger partial charge on any atom is -0.321 e. The van der Waals surface area contributed by atoms with Crippen LogP contribution in [0.4, 0.5) is 0 Å². The van der Waals surface area contributed by atoms with Crippen molar-refractivity contribution < 1.29 is 0 Å². The molecule has 0 amide bonds. The van der Waals surface area contributed by atoms with Crippen molar-refractivity contribution in [2.24, 2.45) is 12.8 Å². The molecule has 0 aliphatic heterocycles. The van der Waals surface area contributed by atoms with Gasteiger partial charge < -0.3 is 5.73 Å². The summed E-state index contributed by atoms with van der Waals surface area (Å²) in [5, 5.41) is 4.22. The van der Waals surface area contributed by atoms with Crippen LogP contribution in [-0.4, -0.2) is 9.78 Å². The molecule has 1 unspecified atom stereocenters. The van der Waals surface area contributed by atoms with Crippen LogP contribution in [0.15, 0.2) is 36.5 Å². The van der Waals surface area contributed by atoms with Gasteiger partial charge >= 0.3 is 0 Å². The van der Waals surface area contributed by atoms with Gasteiger partial charge in [0.15, 0.2) is 0 Å². The Morgan fingerprint density at radius 1 is 1.32 bits per heavy atom. The summed E-state index contributed by atoms with van der Waals surface area (Å²) in [4.78, 5) is 0. The van der Waals surface area contributed by atoms with Crippen LogP contribution in [0.1, 0.15) is 36.1 Å². The highest BCUT2D eigenvalue weighted by Gasteiger charge is 2.32. The molecule has 3 nitrogen and oxygen atoms in total. The third kappa shape index (κ3) is 2.30. The van der Waals surface area contributed by atoms with Crippen LogP contribution in [0.2, 0.25) is 0 Å². The molecule has 1 atom stereocenters. The summed E-state index contributed by atoms with van der Waals surface area (Å²) in [5.74, 6) is 0. The lowest BCUT2D eigenvalue weighted by molar-refractivity contribution is 0.343. The number of benzene rings is 1. The molecular weight excluding hydrogens is 234 g/mol. The SMILES string of the molecule is Cn1nccc1CCC1(N)CCCc2ccccc21. The van der Waals surface area contributed by atoms with Crippen LogP contribution in [0, 0.1) is 0 Å². The van der Waals surface area contributed by atoms with Crippen molar-refractivity contribution in [1.82, 2.24) is 9.78 Å².